The smallest absolute Gasteiger partial charge is 0.267 e. The molecule has 28 heavy (non-hydrogen) atoms. The van der Waals surface area contributed by atoms with Gasteiger partial charge in [-0.15, -0.1) is 11.3 Å². The molecule has 144 valence electrons. The van der Waals surface area contributed by atoms with E-state index in [1.54, 1.807) is 29.8 Å². The maximum Gasteiger partial charge on any atom is 0.267 e. The largest absolute Gasteiger partial charge is 0.301 e. The lowest BCUT2D eigenvalue weighted by Crippen LogP contribution is -2.31. The number of benzene rings is 1. The fourth-order valence-corrected chi connectivity index (χ4v) is 5.26. The van der Waals surface area contributed by atoms with E-state index in [0.29, 0.717) is 26.6 Å². The summed E-state index contributed by atoms with van der Waals surface area (Å²) in [5.41, 5.74) is 1.35. The van der Waals surface area contributed by atoms with Crippen molar-refractivity contribution < 1.29 is 13.2 Å². The van der Waals surface area contributed by atoms with Crippen molar-refractivity contribution in [2.24, 2.45) is 0 Å². The highest BCUT2D eigenvalue weighted by molar-refractivity contribution is 7.99. The monoisotopic (exact) mass is 453 g/mol. The first-order valence-corrected chi connectivity index (χ1v) is 11.5. The van der Waals surface area contributed by atoms with Gasteiger partial charge in [-0.1, -0.05) is 23.4 Å². The first-order chi connectivity index (χ1) is 13.4. The summed E-state index contributed by atoms with van der Waals surface area (Å²) < 4.78 is 26.7. The van der Waals surface area contributed by atoms with Gasteiger partial charge in [-0.3, -0.25) is 9.10 Å². The highest BCUT2D eigenvalue weighted by Crippen LogP contribution is 2.42. The van der Waals surface area contributed by atoms with Crippen molar-refractivity contribution in [2.75, 3.05) is 22.4 Å². The molecule has 1 aliphatic heterocycles. The van der Waals surface area contributed by atoms with Gasteiger partial charge in [-0.2, -0.15) is 0 Å². The van der Waals surface area contributed by atoms with Gasteiger partial charge in [0.05, 0.1) is 23.3 Å². The standard InChI is InChI=1S/C16H12ClN5O3S3/c1-22-11-3-2-9(17)6-10(11)14-12(28(22,24)25)7-19-16(21-14)27-8-13(23)20-15-18-4-5-26-15/h2-7H,8H2,1H3,(H,18,20,23). The van der Waals surface area contributed by atoms with E-state index in [1.165, 1.54) is 28.9 Å². The first kappa shape index (κ1) is 19.1. The van der Waals surface area contributed by atoms with Gasteiger partial charge in [0.1, 0.15) is 4.90 Å². The normalized spacial score (nSPS) is 14.3. The van der Waals surface area contributed by atoms with E-state index in [9.17, 15) is 13.2 Å². The summed E-state index contributed by atoms with van der Waals surface area (Å²) in [6, 6.07) is 4.92. The summed E-state index contributed by atoms with van der Waals surface area (Å²) in [5, 5.41) is 5.69. The molecular weight excluding hydrogens is 442 g/mol. The number of hydrogen-bond acceptors (Lipinski definition) is 8. The molecule has 3 heterocycles. The van der Waals surface area contributed by atoms with Crippen LogP contribution in [0.1, 0.15) is 0 Å². The van der Waals surface area contributed by atoms with E-state index in [4.69, 9.17) is 11.6 Å². The molecule has 2 aromatic heterocycles. The molecule has 3 aromatic rings. The SMILES string of the molecule is CN1c2ccc(Cl)cc2-c2nc(SCC(=O)Nc3nccs3)ncc2S1(=O)=O. The molecule has 0 atom stereocenters. The number of sulfonamides is 1. The predicted molar refractivity (Wildman–Crippen MR) is 110 cm³/mol. The fourth-order valence-electron chi connectivity index (χ4n) is 2.63. The molecule has 12 heteroatoms. The number of aromatic nitrogens is 3. The summed E-state index contributed by atoms with van der Waals surface area (Å²) in [6.07, 6.45) is 2.86. The first-order valence-electron chi connectivity index (χ1n) is 7.84. The van der Waals surface area contributed by atoms with Gasteiger partial charge in [0.2, 0.25) is 5.91 Å². The highest BCUT2D eigenvalue weighted by Gasteiger charge is 2.34. The van der Waals surface area contributed by atoms with Crippen LogP contribution >= 0.6 is 34.7 Å². The minimum atomic E-state index is -3.76. The van der Waals surface area contributed by atoms with E-state index in [-0.39, 0.29) is 22.2 Å². The van der Waals surface area contributed by atoms with Crippen molar-refractivity contribution in [3.63, 3.8) is 0 Å². The van der Waals surface area contributed by atoms with E-state index < -0.39 is 10.0 Å². The number of thioether (sulfide) groups is 1. The molecule has 0 unspecified atom stereocenters. The zero-order chi connectivity index (χ0) is 19.9. The van der Waals surface area contributed by atoms with Gasteiger partial charge in [0.15, 0.2) is 10.3 Å². The summed E-state index contributed by atoms with van der Waals surface area (Å²) in [7, 11) is -2.29. The Morgan fingerprint density at radius 3 is 2.93 bits per heavy atom. The number of rotatable bonds is 4. The molecule has 4 rings (SSSR count). The molecular formula is C16H12ClN5O3S3. The Labute approximate surface area is 174 Å². The van der Waals surface area contributed by atoms with Crippen LogP contribution in [0.5, 0.6) is 0 Å². The number of amides is 1. The number of hydrogen-bond donors (Lipinski definition) is 1. The van der Waals surface area contributed by atoms with Gasteiger partial charge in [-0.05, 0) is 18.2 Å². The van der Waals surface area contributed by atoms with E-state index in [0.717, 1.165) is 11.8 Å². The third kappa shape index (κ3) is 3.46. The van der Waals surface area contributed by atoms with Gasteiger partial charge >= 0.3 is 0 Å². The van der Waals surface area contributed by atoms with E-state index in [2.05, 4.69) is 20.3 Å². The second-order valence-corrected chi connectivity index (χ2v) is 9.88. The second-order valence-electron chi connectivity index (χ2n) is 5.67. The van der Waals surface area contributed by atoms with Crippen molar-refractivity contribution in [3.05, 3.63) is 41.0 Å². The maximum absolute atomic E-state index is 12.7. The van der Waals surface area contributed by atoms with Crippen molar-refractivity contribution in [1.82, 2.24) is 15.0 Å². The Kier molecular flexibility index (Phi) is 5.00. The van der Waals surface area contributed by atoms with Crippen molar-refractivity contribution in [1.29, 1.82) is 0 Å². The van der Waals surface area contributed by atoms with Gasteiger partial charge in [0.25, 0.3) is 10.0 Å². The Morgan fingerprint density at radius 1 is 1.36 bits per heavy atom. The zero-order valence-electron chi connectivity index (χ0n) is 14.3. The molecule has 0 aliphatic carbocycles. The van der Waals surface area contributed by atoms with Crippen LogP contribution in [0, 0.1) is 0 Å². The van der Waals surface area contributed by atoms with Crippen LogP contribution in [0.25, 0.3) is 11.3 Å². The van der Waals surface area contributed by atoms with E-state index in [1.807, 2.05) is 0 Å². The highest BCUT2D eigenvalue weighted by atomic mass is 35.5. The number of halogens is 1. The minimum Gasteiger partial charge on any atom is -0.301 e. The zero-order valence-corrected chi connectivity index (χ0v) is 17.5. The summed E-state index contributed by atoms with van der Waals surface area (Å²) in [5.74, 6) is -0.190. The van der Waals surface area contributed by atoms with Crippen LogP contribution in [0.3, 0.4) is 0 Å². The summed E-state index contributed by atoms with van der Waals surface area (Å²) >= 11 is 8.52. The fraction of sp³-hybridized carbons (Fsp3) is 0.125. The Balaban J connectivity index is 1.64. The number of fused-ring (bicyclic) bond motifs is 3. The Bertz CT molecular complexity index is 1170. The molecule has 1 aliphatic rings. The van der Waals surface area contributed by atoms with Crippen LogP contribution in [-0.2, 0) is 14.8 Å². The molecule has 0 fully saturated rings. The van der Waals surface area contributed by atoms with Crippen LogP contribution < -0.4 is 9.62 Å². The van der Waals surface area contributed by atoms with Gasteiger partial charge in [0, 0.05) is 29.2 Å². The van der Waals surface area contributed by atoms with Crippen LogP contribution in [-0.4, -0.2) is 42.1 Å². The van der Waals surface area contributed by atoms with Crippen molar-refractivity contribution in [2.45, 2.75) is 10.1 Å². The molecule has 8 nitrogen and oxygen atoms in total. The molecule has 1 N–H and O–H groups in total. The molecule has 0 saturated heterocycles. The molecule has 1 aromatic carbocycles. The molecule has 0 saturated carbocycles. The van der Waals surface area contributed by atoms with Crippen LogP contribution in [0.15, 0.2) is 46.0 Å². The molecule has 1 amide bonds. The quantitative estimate of drug-likeness (QED) is 0.477. The average molecular weight is 454 g/mol. The van der Waals surface area contributed by atoms with Crippen LogP contribution in [0.2, 0.25) is 5.02 Å². The molecule has 0 radical (unpaired) electrons. The maximum atomic E-state index is 12.7. The minimum absolute atomic E-state index is 0.00125. The topological polar surface area (TPSA) is 105 Å². The number of anilines is 2. The third-order valence-corrected chi connectivity index (χ3v) is 7.49. The lowest BCUT2D eigenvalue weighted by atomic mass is 10.1. The summed E-state index contributed by atoms with van der Waals surface area (Å²) in [4.78, 5) is 24.5. The molecule has 0 bridgehead atoms. The summed E-state index contributed by atoms with van der Waals surface area (Å²) in [6.45, 7) is 0. The number of thiazole rings is 1. The van der Waals surface area contributed by atoms with Crippen LogP contribution in [0.4, 0.5) is 10.8 Å². The Morgan fingerprint density at radius 2 is 2.18 bits per heavy atom. The predicted octanol–water partition coefficient (Wildman–Crippen LogP) is 3.12. The number of carbonyl (C=O) groups excluding carboxylic acids is 1. The second kappa shape index (κ2) is 7.32. The lowest BCUT2D eigenvalue weighted by Gasteiger charge is -2.28. The average Bonchev–Trinajstić information content (AvgIpc) is 3.17. The van der Waals surface area contributed by atoms with Crippen molar-refractivity contribution >= 4 is 61.4 Å². The lowest BCUT2D eigenvalue weighted by molar-refractivity contribution is -0.113. The van der Waals surface area contributed by atoms with E-state index >= 15 is 0 Å². The van der Waals surface area contributed by atoms with Crippen molar-refractivity contribution in [3.8, 4) is 11.3 Å². The van der Waals surface area contributed by atoms with Gasteiger partial charge in [-0.25, -0.2) is 23.4 Å². The third-order valence-electron chi connectivity index (χ3n) is 3.94. The number of nitrogens with zero attached hydrogens (tertiary/aromatic N) is 4. The van der Waals surface area contributed by atoms with Gasteiger partial charge < -0.3 is 5.32 Å². The number of nitrogens with one attached hydrogen (secondary N) is 1. The molecule has 0 spiro atoms. The number of carbonyl (C=O) groups is 1. The Hall–Kier alpha value is -2.21.